The molecule has 12 nitrogen and oxygen atoms in total. The van der Waals surface area contributed by atoms with E-state index in [2.05, 4.69) is 25.6 Å². The zero-order chi connectivity index (χ0) is 28.5. The molecule has 1 aromatic carbocycles. The van der Waals surface area contributed by atoms with Crippen molar-refractivity contribution < 1.29 is 13.9 Å². The van der Waals surface area contributed by atoms with Gasteiger partial charge in [-0.05, 0) is 52.7 Å². The summed E-state index contributed by atoms with van der Waals surface area (Å²) in [6.45, 7) is 0.780. The van der Waals surface area contributed by atoms with Crippen LogP contribution in [0.15, 0.2) is 67.5 Å². The zero-order valence-electron chi connectivity index (χ0n) is 21.3. The van der Waals surface area contributed by atoms with Crippen molar-refractivity contribution in [3.8, 4) is 34.0 Å². The van der Waals surface area contributed by atoms with E-state index >= 15 is 4.39 Å². The van der Waals surface area contributed by atoms with Crippen molar-refractivity contribution in [2.75, 3.05) is 13.1 Å². The molecule has 4 aromatic heterocycles. The number of amides is 1. The van der Waals surface area contributed by atoms with E-state index in [1.807, 2.05) is 6.07 Å². The Kier molecular flexibility index (Phi) is 6.82. The Bertz CT molecular complexity index is 1800. The maximum Gasteiger partial charge on any atom is 0.222 e. The van der Waals surface area contributed by atoms with Gasteiger partial charge in [-0.15, -0.1) is 5.10 Å². The minimum absolute atomic E-state index is 0.00340. The monoisotopic (exact) mass is 570 g/mol. The van der Waals surface area contributed by atoms with Crippen molar-refractivity contribution in [2.24, 2.45) is 0 Å². The van der Waals surface area contributed by atoms with Crippen molar-refractivity contribution >= 4 is 17.5 Å². The summed E-state index contributed by atoms with van der Waals surface area (Å²) in [5.74, 6) is -0.728. The molecule has 1 fully saturated rings. The number of carbonyl (C=O) groups excluding carboxylic acids is 1. The van der Waals surface area contributed by atoms with E-state index in [1.54, 1.807) is 52.3 Å². The van der Waals surface area contributed by atoms with Crippen molar-refractivity contribution in [1.29, 1.82) is 5.26 Å². The number of nitriles is 1. The van der Waals surface area contributed by atoms with Crippen molar-refractivity contribution in [3.63, 3.8) is 0 Å². The molecule has 0 radical (unpaired) electrons. The lowest BCUT2D eigenvalue weighted by atomic mass is 10.0. The van der Waals surface area contributed by atoms with E-state index < -0.39 is 11.9 Å². The minimum atomic E-state index is -0.725. The first-order valence-corrected chi connectivity index (χ1v) is 12.9. The van der Waals surface area contributed by atoms with Crippen LogP contribution in [0.4, 0.5) is 4.39 Å². The third-order valence-electron chi connectivity index (χ3n) is 6.94. The highest BCUT2D eigenvalue weighted by atomic mass is 35.5. The smallest absolute Gasteiger partial charge is 0.222 e. The number of likely N-dealkylation sites (tertiary alicyclic amines) is 1. The summed E-state index contributed by atoms with van der Waals surface area (Å²) in [5.41, 5.74) is 2.61. The van der Waals surface area contributed by atoms with Gasteiger partial charge in [-0.1, -0.05) is 11.6 Å². The van der Waals surface area contributed by atoms with Gasteiger partial charge in [0.25, 0.3) is 0 Å². The average Bonchev–Trinajstić information content (AvgIpc) is 3.76. The van der Waals surface area contributed by atoms with Crippen LogP contribution in [0.1, 0.15) is 30.3 Å². The summed E-state index contributed by atoms with van der Waals surface area (Å²) >= 11 is 6.09. The highest BCUT2D eigenvalue weighted by molar-refractivity contribution is 6.31. The van der Waals surface area contributed by atoms with Gasteiger partial charge in [0.2, 0.25) is 11.6 Å². The highest BCUT2D eigenvalue weighted by Crippen LogP contribution is 2.33. The summed E-state index contributed by atoms with van der Waals surface area (Å²) in [6.07, 6.45) is 8.65. The summed E-state index contributed by atoms with van der Waals surface area (Å²) in [4.78, 5) is 18.2. The zero-order valence-corrected chi connectivity index (χ0v) is 22.1. The third kappa shape index (κ3) is 4.96. The van der Waals surface area contributed by atoms with Crippen LogP contribution >= 0.6 is 11.6 Å². The van der Waals surface area contributed by atoms with E-state index in [4.69, 9.17) is 11.6 Å². The van der Waals surface area contributed by atoms with Gasteiger partial charge in [-0.2, -0.15) is 19.8 Å². The van der Waals surface area contributed by atoms with Crippen LogP contribution in [0.2, 0.25) is 5.02 Å². The normalized spacial score (nSPS) is 13.9. The fourth-order valence-electron chi connectivity index (χ4n) is 4.92. The molecule has 0 aliphatic carbocycles. The van der Waals surface area contributed by atoms with Crippen LogP contribution in [-0.4, -0.2) is 58.9 Å². The summed E-state index contributed by atoms with van der Waals surface area (Å²) in [6, 6.07) is 10.9. The maximum atomic E-state index is 15.3. The number of nitrogens with zero attached hydrogens (tertiary/aromatic N) is 10. The first-order valence-electron chi connectivity index (χ1n) is 12.6. The second-order valence-electron chi connectivity index (χ2n) is 9.39. The van der Waals surface area contributed by atoms with Gasteiger partial charge in [-0.3, -0.25) is 9.48 Å². The number of carbonyl (C=O) groups is 1. The Morgan fingerprint density at radius 1 is 1.20 bits per heavy atom. The molecule has 41 heavy (non-hydrogen) atoms. The van der Waals surface area contributed by atoms with Crippen LogP contribution in [0.5, 0.6) is 0 Å². The lowest BCUT2D eigenvalue weighted by molar-refractivity contribution is -0.615. The number of benzene rings is 1. The summed E-state index contributed by atoms with van der Waals surface area (Å²) < 4.78 is 18.9. The largest absolute Gasteiger partial charge is 0.618 e. The van der Waals surface area contributed by atoms with Crippen LogP contribution in [0, 0.1) is 22.4 Å². The number of rotatable bonds is 7. The molecule has 204 valence electrons. The van der Waals surface area contributed by atoms with E-state index in [-0.39, 0.29) is 34.3 Å². The lowest BCUT2D eigenvalue weighted by Crippen LogP contribution is -2.40. The Labute approximate surface area is 237 Å². The second-order valence-corrected chi connectivity index (χ2v) is 9.80. The molecule has 1 atom stereocenters. The molecule has 5 heterocycles. The molecule has 0 saturated carbocycles. The van der Waals surface area contributed by atoms with Crippen LogP contribution in [0.3, 0.4) is 0 Å². The predicted octanol–water partition coefficient (Wildman–Crippen LogP) is 3.10. The van der Waals surface area contributed by atoms with E-state index in [0.29, 0.717) is 34.6 Å². The molecule has 0 bridgehead atoms. The first-order chi connectivity index (χ1) is 19.9. The van der Waals surface area contributed by atoms with Gasteiger partial charge in [0.1, 0.15) is 18.1 Å². The van der Waals surface area contributed by atoms with E-state index in [1.165, 1.54) is 29.5 Å². The SMILES string of the molecule is N#Cc1cc(-c2cnn(C(CN3CCCC3=O)c3ccc(-c4c(-n5cnnn5)ccc(Cl)c4F)c[n+]3[O-])c2)ccn1. The molecular formula is C27H20ClFN10O2. The van der Waals surface area contributed by atoms with Crippen molar-refractivity contribution in [3.05, 3.63) is 94.9 Å². The summed E-state index contributed by atoms with van der Waals surface area (Å²) in [5, 5.41) is 38.2. The third-order valence-corrected chi connectivity index (χ3v) is 7.23. The Hall–Kier alpha value is -5.22. The Morgan fingerprint density at radius 3 is 2.80 bits per heavy atom. The first kappa shape index (κ1) is 26.0. The van der Waals surface area contributed by atoms with Gasteiger partial charge >= 0.3 is 0 Å². The number of aromatic nitrogens is 8. The number of hydrogen-bond acceptors (Lipinski definition) is 8. The molecular weight excluding hydrogens is 551 g/mol. The van der Waals surface area contributed by atoms with Crippen LogP contribution in [-0.2, 0) is 4.79 Å². The topological polar surface area (TPSA) is 145 Å². The number of halogens is 2. The standard InChI is InChI=1S/C27H20ClFN10O2/c28-21-4-6-23(38-16-32-34-35-38)26(27(21)29)18-3-5-22(39(41)14-18)24(15-36-9-1-2-25(36)40)37-13-19(12-33-37)17-7-8-31-20(10-17)11-30/h3-8,10,12-14,16,24H,1-2,9,15H2. The number of pyridine rings is 2. The molecule has 0 N–H and O–H groups in total. The molecule has 14 heteroatoms. The molecule has 1 aliphatic heterocycles. The predicted molar refractivity (Wildman–Crippen MR) is 143 cm³/mol. The Balaban J connectivity index is 1.42. The second kappa shape index (κ2) is 10.7. The van der Waals surface area contributed by atoms with Crippen LogP contribution < -0.4 is 4.73 Å². The average molecular weight is 571 g/mol. The van der Waals surface area contributed by atoms with Gasteiger partial charge in [0, 0.05) is 37.0 Å². The molecule has 5 aromatic rings. The molecule has 6 rings (SSSR count). The maximum absolute atomic E-state index is 15.3. The molecule has 1 unspecified atom stereocenters. The quantitative estimate of drug-likeness (QED) is 0.214. The van der Waals surface area contributed by atoms with Gasteiger partial charge in [0.05, 0.1) is 34.6 Å². The molecule has 1 saturated heterocycles. The Morgan fingerprint density at radius 2 is 2.07 bits per heavy atom. The number of hydrogen-bond donors (Lipinski definition) is 0. The fourth-order valence-corrected chi connectivity index (χ4v) is 5.08. The molecule has 1 aliphatic rings. The van der Waals surface area contributed by atoms with Crippen molar-refractivity contribution in [1.82, 2.24) is 39.9 Å². The molecule has 0 spiro atoms. The van der Waals surface area contributed by atoms with Gasteiger partial charge < -0.3 is 10.1 Å². The highest BCUT2D eigenvalue weighted by Gasteiger charge is 2.31. The van der Waals surface area contributed by atoms with Gasteiger partial charge in [0.15, 0.2) is 18.1 Å². The lowest BCUT2D eigenvalue weighted by Gasteiger charge is -2.23. The van der Waals surface area contributed by atoms with Gasteiger partial charge in [-0.25, -0.2) is 9.37 Å². The fraction of sp³-hybridized carbons (Fsp3) is 0.185. The summed E-state index contributed by atoms with van der Waals surface area (Å²) in [7, 11) is 0. The molecule has 1 amide bonds. The van der Waals surface area contributed by atoms with Crippen molar-refractivity contribution in [2.45, 2.75) is 18.9 Å². The van der Waals surface area contributed by atoms with E-state index in [9.17, 15) is 15.3 Å². The van der Waals surface area contributed by atoms with E-state index in [0.717, 1.165) is 12.0 Å². The minimum Gasteiger partial charge on any atom is -0.618 e. The van der Waals surface area contributed by atoms with Crippen LogP contribution in [0.25, 0.3) is 27.9 Å². The number of tetrazole rings is 1.